The van der Waals surface area contributed by atoms with Crippen LogP contribution in [0.3, 0.4) is 0 Å². The quantitative estimate of drug-likeness (QED) is 0.241. The number of oxazole rings is 1. The number of benzene rings is 3. The lowest BCUT2D eigenvalue weighted by molar-refractivity contribution is -0.122. The van der Waals surface area contributed by atoms with Crippen molar-refractivity contribution in [2.45, 2.75) is 51.8 Å². The van der Waals surface area contributed by atoms with Gasteiger partial charge in [0.1, 0.15) is 17.4 Å². The van der Waals surface area contributed by atoms with Crippen molar-refractivity contribution in [3.8, 4) is 11.5 Å². The molecule has 0 aliphatic carbocycles. The first kappa shape index (κ1) is 28.1. The summed E-state index contributed by atoms with van der Waals surface area (Å²) in [6.45, 7) is 4.52. The van der Waals surface area contributed by atoms with Crippen LogP contribution in [0.15, 0.2) is 77.2 Å². The Morgan fingerprint density at radius 3 is 2.41 bits per heavy atom. The number of hydrogen-bond acceptors (Lipinski definition) is 5. The number of hydrogen-bond donors (Lipinski definition) is 3. The maximum Gasteiger partial charge on any atom is 0.226 e. The molecule has 0 bridgehead atoms. The zero-order valence-electron chi connectivity index (χ0n) is 22.1. The van der Waals surface area contributed by atoms with Crippen LogP contribution >= 0.6 is 0 Å². The molecule has 0 aliphatic rings. The van der Waals surface area contributed by atoms with E-state index in [0.717, 1.165) is 23.6 Å². The van der Waals surface area contributed by atoms with Crippen LogP contribution < -0.4 is 10.6 Å². The van der Waals surface area contributed by atoms with Crippen LogP contribution in [0.4, 0.5) is 8.78 Å². The van der Waals surface area contributed by atoms with Crippen LogP contribution in [0, 0.1) is 18.6 Å². The molecular formula is C31H33F2N3O3. The predicted octanol–water partition coefficient (Wildman–Crippen LogP) is 4.91. The summed E-state index contributed by atoms with van der Waals surface area (Å²) in [4.78, 5) is 17.5. The smallest absolute Gasteiger partial charge is 0.226 e. The normalized spacial score (nSPS) is 12.7. The number of aryl methyl sites for hydroxylation is 2. The number of aromatic nitrogens is 1. The molecule has 0 fully saturated rings. The minimum Gasteiger partial charge on any atom is -0.441 e. The van der Waals surface area contributed by atoms with Gasteiger partial charge in [0.15, 0.2) is 0 Å². The Morgan fingerprint density at radius 1 is 0.974 bits per heavy atom. The number of amides is 1. The molecular weight excluding hydrogens is 500 g/mol. The lowest BCUT2D eigenvalue weighted by atomic mass is 10.00. The monoisotopic (exact) mass is 533 g/mol. The van der Waals surface area contributed by atoms with Gasteiger partial charge in [0, 0.05) is 24.7 Å². The number of nitrogens with one attached hydrogen (secondary N) is 2. The van der Waals surface area contributed by atoms with Gasteiger partial charge in [-0.05, 0) is 60.7 Å². The fourth-order valence-electron chi connectivity index (χ4n) is 4.44. The summed E-state index contributed by atoms with van der Waals surface area (Å²) < 4.78 is 33.4. The van der Waals surface area contributed by atoms with Gasteiger partial charge in [-0.3, -0.25) is 4.79 Å². The van der Waals surface area contributed by atoms with Crippen LogP contribution in [-0.2, 0) is 30.6 Å². The molecule has 2 unspecified atom stereocenters. The lowest BCUT2D eigenvalue weighted by Gasteiger charge is -2.25. The highest BCUT2D eigenvalue weighted by molar-refractivity contribution is 5.79. The highest BCUT2D eigenvalue weighted by Gasteiger charge is 2.24. The third-order valence-electron chi connectivity index (χ3n) is 6.51. The van der Waals surface area contributed by atoms with Gasteiger partial charge >= 0.3 is 0 Å². The first-order valence-electron chi connectivity index (χ1n) is 13.0. The third kappa shape index (κ3) is 8.05. The van der Waals surface area contributed by atoms with E-state index in [2.05, 4.69) is 34.7 Å². The number of aliphatic hydroxyl groups is 1. The third-order valence-corrected chi connectivity index (χ3v) is 6.51. The number of nitrogens with zero attached hydrogens (tertiary/aromatic N) is 1. The van der Waals surface area contributed by atoms with E-state index in [1.165, 1.54) is 17.7 Å². The van der Waals surface area contributed by atoms with Gasteiger partial charge in [0.25, 0.3) is 0 Å². The standard InChI is InChI=1S/C31H33F2N3O3/c1-3-21-8-7-9-22(12-21)18-34-19-29(37)28(15-23-13-25(32)16-26(33)14-23)35-30(38)17-27-20(2)39-31(36-27)24-10-5-4-6-11-24/h4-14,16,28-29,34,37H,3,15,17-19H2,1-2H3,(H,35,38). The molecule has 0 spiro atoms. The Kier molecular flexibility index (Phi) is 9.57. The first-order valence-corrected chi connectivity index (χ1v) is 13.0. The van der Waals surface area contributed by atoms with Crippen LogP contribution in [0.5, 0.6) is 0 Å². The highest BCUT2D eigenvalue weighted by Crippen LogP contribution is 2.22. The van der Waals surface area contributed by atoms with Crippen molar-refractivity contribution in [3.05, 3.63) is 113 Å². The Morgan fingerprint density at radius 2 is 1.69 bits per heavy atom. The van der Waals surface area contributed by atoms with Crippen LogP contribution in [0.2, 0.25) is 0 Å². The fourth-order valence-corrected chi connectivity index (χ4v) is 4.44. The molecule has 0 radical (unpaired) electrons. The molecule has 39 heavy (non-hydrogen) atoms. The molecule has 4 aromatic rings. The summed E-state index contributed by atoms with van der Waals surface area (Å²) in [5, 5.41) is 17.1. The minimum atomic E-state index is -1.02. The Balaban J connectivity index is 1.44. The summed E-state index contributed by atoms with van der Waals surface area (Å²) in [7, 11) is 0. The van der Waals surface area contributed by atoms with Gasteiger partial charge in [-0.2, -0.15) is 0 Å². The number of halogens is 2. The van der Waals surface area contributed by atoms with Crippen LogP contribution in [0.1, 0.15) is 35.1 Å². The Hall–Kier alpha value is -3.88. The molecule has 3 N–H and O–H groups in total. The zero-order chi connectivity index (χ0) is 27.8. The molecule has 1 amide bonds. The first-order chi connectivity index (χ1) is 18.8. The van der Waals surface area contributed by atoms with Crippen molar-refractivity contribution in [1.82, 2.24) is 15.6 Å². The number of aliphatic hydroxyl groups excluding tert-OH is 1. The molecule has 1 heterocycles. The molecule has 0 saturated carbocycles. The van der Waals surface area contributed by atoms with Crippen LogP contribution in [0.25, 0.3) is 11.5 Å². The van der Waals surface area contributed by atoms with E-state index in [9.17, 15) is 18.7 Å². The van der Waals surface area contributed by atoms with E-state index in [4.69, 9.17) is 4.42 Å². The highest BCUT2D eigenvalue weighted by atomic mass is 19.1. The molecule has 3 aromatic carbocycles. The predicted molar refractivity (Wildman–Crippen MR) is 146 cm³/mol. The topological polar surface area (TPSA) is 87.4 Å². The van der Waals surface area contributed by atoms with E-state index in [1.54, 1.807) is 6.92 Å². The molecule has 4 rings (SSSR count). The van der Waals surface area contributed by atoms with Crippen molar-refractivity contribution in [1.29, 1.82) is 0 Å². The van der Waals surface area contributed by atoms with Gasteiger partial charge in [-0.25, -0.2) is 13.8 Å². The van der Waals surface area contributed by atoms with Crippen LogP contribution in [-0.4, -0.2) is 34.7 Å². The average Bonchev–Trinajstić information content (AvgIpc) is 3.28. The molecule has 0 aliphatic heterocycles. The van der Waals surface area contributed by atoms with E-state index >= 15 is 0 Å². The number of carbonyl (C=O) groups excluding carboxylic acids is 1. The van der Waals surface area contributed by atoms with Gasteiger partial charge in [-0.15, -0.1) is 0 Å². The number of carbonyl (C=O) groups is 1. The minimum absolute atomic E-state index is 0.0433. The second-order valence-electron chi connectivity index (χ2n) is 9.59. The molecule has 0 saturated heterocycles. The van der Waals surface area contributed by atoms with Gasteiger partial charge in [-0.1, -0.05) is 49.4 Å². The summed E-state index contributed by atoms with van der Waals surface area (Å²) in [6.07, 6.45) is -0.123. The Bertz CT molecular complexity index is 1370. The van der Waals surface area contributed by atoms with Gasteiger partial charge in [0.05, 0.1) is 24.3 Å². The Labute approximate surface area is 227 Å². The summed E-state index contributed by atoms with van der Waals surface area (Å²) in [5.74, 6) is -0.888. The van der Waals surface area contributed by atoms with Crippen molar-refractivity contribution in [3.63, 3.8) is 0 Å². The zero-order valence-corrected chi connectivity index (χ0v) is 22.1. The van der Waals surface area contributed by atoms with Crippen molar-refractivity contribution >= 4 is 5.91 Å². The van der Waals surface area contributed by atoms with E-state index < -0.39 is 23.8 Å². The molecule has 204 valence electrons. The van der Waals surface area contributed by atoms with Crippen molar-refractivity contribution in [2.24, 2.45) is 0 Å². The van der Waals surface area contributed by atoms with Gasteiger partial charge in [0.2, 0.25) is 11.8 Å². The van der Waals surface area contributed by atoms with E-state index in [0.29, 0.717) is 29.5 Å². The summed E-state index contributed by atoms with van der Waals surface area (Å²) >= 11 is 0. The maximum atomic E-state index is 13.8. The SMILES string of the molecule is CCc1cccc(CNCC(O)C(Cc2cc(F)cc(F)c2)NC(=O)Cc2nc(-c3ccccc3)oc2C)c1. The second kappa shape index (κ2) is 13.3. The van der Waals surface area contributed by atoms with Crippen molar-refractivity contribution in [2.75, 3.05) is 6.54 Å². The fraction of sp³-hybridized carbons (Fsp3) is 0.290. The second-order valence-corrected chi connectivity index (χ2v) is 9.59. The maximum absolute atomic E-state index is 13.8. The largest absolute Gasteiger partial charge is 0.441 e. The van der Waals surface area contributed by atoms with Crippen molar-refractivity contribution < 1.29 is 23.1 Å². The van der Waals surface area contributed by atoms with E-state index in [-0.39, 0.29) is 25.3 Å². The number of rotatable bonds is 12. The lowest BCUT2D eigenvalue weighted by Crippen LogP contribution is -2.49. The molecule has 2 atom stereocenters. The summed E-state index contributed by atoms with van der Waals surface area (Å²) in [5.41, 5.74) is 3.89. The molecule has 6 nitrogen and oxygen atoms in total. The van der Waals surface area contributed by atoms with Gasteiger partial charge < -0.3 is 20.2 Å². The van der Waals surface area contributed by atoms with E-state index in [1.807, 2.05) is 42.5 Å². The molecule has 1 aromatic heterocycles. The average molecular weight is 534 g/mol. The summed E-state index contributed by atoms with van der Waals surface area (Å²) in [6, 6.07) is 19.9. The molecule has 8 heteroatoms.